The van der Waals surface area contributed by atoms with E-state index in [1.165, 1.54) is 15.9 Å². The van der Waals surface area contributed by atoms with Gasteiger partial charge in [-0.1, -0.05) is 23.2 Å². The van der Waals surface area contributed by atoms with Crippen LogP contribution in [0, 0.1) is 13.8 Å². The Morgan fingerprint density at radius 1 is 1.15 bits per heavy atom. The molecule has 0 spiro atoms. The zero-order valence-electron chi connectivity index (χ0n) is 13.8. The molecule has 0 aliphatic heterocycles. The van der Waals surface area contributed by atoms with E-state index in [4.69, 9.17) is 34.8 Å². The van der Waals surface area contributed by atoms with Crippen LogP contribution in [0.1, 0.15) is 17.1 Å². The maximum atomic E-state index is 13.3. The topological polar surface area (TPSA) is 47.8 Å². The number of pyridine rings is 1. The smallest absolute Gasteiger partial charge is 0.267 e. The van der Waals surface area contributed by atoms with Crippen LogP contribution in [0.15, 0.2) is 29.1 Å². The number of alkyl halides is 1. The average Bonchev–Trinajstić information content (AvgIpc) is 2.94. The first kappa shape index (κ1) is 17.7. The summed E-state index contributed by atoms with van der Waals surface area (Å²) in [5.41, 5.74) is 2.87. The summed E-state index contributed by atoms with van der Waals surface area (Å²) in [5.74, 6) is 0.493. The van der Waals surface area contributed by atoms with Gasteiger partial charge in [0.1, 0.15) is 15.4 Å². The molecule has 4 aromatic rings. The minimum atomic E-state index is -0.213. The van der Waals surface area contributed by atoms with Crippen LogP contribution in [0.5, 0.6) is 0 Å². The molecule has 0 saturated carbocycles. The Morgan fingerprint density at radius 3 is 2.62 bits per heavy atom. The van der Waals surface area contributed by atoms with Crippen molar-refractivity contribution in [1.29, 1.82) is 0 Å². The van der Waals surface area contributed by atoms with Crippen molar-refractivity contribution in [3.8, 4) is 5.69 Å². The molecule has 0 fully saturated rings. The number of hydrogen-bond acceptors (Lipinski definition) is 4. The lowest BCUT2D eigenvalue weighted by molar-refractivity contribution is 0.885. The van der Waals surface area contributed by atoms with Gasteiger partial charge in [0.2, 0.25) is 0 Å². The van der Waals surface area contributed by atoms with E-state index in [0.717, 1.165) is 21.5 Å². The highest BCUT2D eigenvalue weighted by Gasteiger charge is 2.20. The lowest BCUT2D eigenvalue weighted by Gasteiger charge is -2.12. The van der Waals surface area contributed by atoms with Crippen LogP contribution >= 0.6 is 46.1 Å². The predicted molar refractivity (Wildman–Crippen MR) is 110 cm³/mol. The first-order valence-corrected chi connectivity index (χ1v) is 9.85. The van der Waals surface area contributed by atoms with Crippen molar-refractivity contribution >= 4 is 66.6 Å². The molecule has 0 aliphatic rings. The third kappa shape index (κ3) is 2.70. The average molecular weight is 425 g/mol. The number of rotatable bonds is 2. The molecule has 8 heteroatoms. The number of hydrogen-bond donors (Lipinski definition) is 0. The number of nitrogens with zero attached hydrogens (tertiary/aromatic N) is 3. The van der Waals surface area contributed by atoms with Crippen molar-refractivity contribution in [2.75, 3.05) is 0 Å². The molecule has 1 aromatic carbocycles. The standard InChI is InChI=1S/C18H12Cl3N3OS/c1-8-5-9(2)22-17-14(8)15-16(26-17)18(25)24(13(7-19)23-15)12-4-3-10(20)6-11(12)21/h3-6H,7H2,1-2H3. The molecule has 0 saturated heterocycles. The van der Waals surface area contributed by atoms with Crippen LogP contribution in [-0.4, -0.2) is 14.5 Å². The summed E-state index contributed by atoms with van der Waals surface area (Å²) in [5, 5.41) is 1.75. The van der Waals surface area contributed by atoms with Crippen molar-refractivity contribution < 1.29 is 0 Å². The second-order valence-corrected chi connectivity index (χ2v) is 8.05. The van der Waals surface area contributed by atoms with Crippen LogP contribution < -0.4 is 5.56 Å². The fourth-order valence-corrected chi connectivity index (χ4v) is 4.91. The van der Waals surface area contributed by atoms with Gasteiger partial charge in [-0.25, -0.2) is 9.97 Å². The molecule has 0 aliphatic carbocycles. The van der Waals surface area contributed by atoms with Crippen molar-refractivity contribution in [2.45, 2.75) is 19.7 Å². The predicted octanol–water partition coefficient (Wildman–Crippen LogP) is 5.66. The molecule has 132 valence electrons. The van der Waals surface area contributed by atoms with Gasteiger partial charge >= 0.3 is 0 Å². The van der Waals surface area contributed by atoms with Crippen LogP contribution in [0.2, 0.25) is 10.0 Å². The molecule has 4 nitrogen and oxygen atoms in total. The fraction of sp³-hybridized carbons (Fsp3) is 0.167. The minimum Gasteiger partial charge on any atom is -0.267 e. The largest absolute Gasteiger partial charge is 0.276 e. The summed E-state index contributed by atoms with van der Waals surface area (Å²) in [6.07, 6.45) is 0. The highest BCUT2D eigenvalue weighted by molar-refractivity contribution is 7.25. The Bertz CT molecular complexity index is 1250. The van der Waals surface area contributed by atoms with Gasteiger partial charge in [-0.3, -0.25) is 9.36 Å². The molecule has 3 aromatic heterocycles. The van der Waals surface area contributed by atoms with Gasteiger partial charge in [0.05, 0.1) is 22.1 Å². The summed E-state index contributed by atoms with van der Waals surface area (Å²) in [6, 6.07) is 6.94. The van der Waals surface area contributed by atoms with E-state index in [0.29, 0.717) is 31.8 Å². The zero-order chi connectivity index (χ0) is 18.6. The maximum Gasteiger partial charge on any atom is 0.276 e. The molecular formula is C18H12Cl3N3OS. The van der Waals surface area contributed by atoms with Crippen molar-refractivity contribution in [3.05, 3.63) is 61.7 Å². The SMILES string of the molecule is Cc1cc(C)c2c(n1)sc1c(=O)n(-c3ccc(Cl)cc3Cl)c(CCl)nc12. The Morgan fingerprint density at radius 2 is 1.92 bits per heavy atom. The molecule has 0 amide bonds. The second kappa shape index (κ2) is 6.50. The summed E-state index contributed by atoms with van der Waals surface area (Å²) < 4.78 is 1.98. The number of halogens is 3. The Labute approximate surface area is 168 Å². The Hall–Kier alpha value is -1.66. The highest BCUT2D eigenvalue weighted by atomic mass is 35.5. The zero-order valence-corrected chi connectivity index (χ0v) is 16.9. The Kier molecular flexibility index (Phi) is 4.43. The molecule has 0 bridgehead atoms. The molecule has 0 atom stereocenters. The summed E-state index contributed by atoms with van der Waals surface area (Å²) in [6.45, 7) is 3.92. The van der Waals surface area contributed by atoms with Gasteiger partial charge in [0.15, 0.2) is 0 Å². The summed E-state index contributed by atoms with van der Waals surface area (Å²) in [7, 11) is 0. The number of benzene rings is 1. The lowest BCUT2D eigenvalue weighted by Crippen LogP contribution is -2.22. The third-order valence-corrected chi connectivity index (χ3v) is 5.97. The van der Waals surface area contributed by atoms with E-state index >= 15 is 0 Å². The lowest BCUT2D eigenvalue weighted by atomic mass is 10.1. The van der Waals surface area contributed by atoms with E-state index in [1.807, 2.05) is 19.9 Å². The van der Waals surface area contributed by atoms with Crippen molar-refractivity contribution in [1.82, 2.24) is 14.5 Å². The molecule has 0 unspecified atom stereocenters. The number of aromatic nitrogens is 3. The van der Waals surface area contributed by atoms with Gasteiger partial charge in [0.25, 0.3) is 5.56 Å². The van der Waals surface area contributed by atoms with Gasteiger partial charge in [-0.2, -0.15) is 0 Å². The van der Waals surface area contributed by atoms with E-state index in [-0.39, 0.29) is 11.4 Å². The van der Waals surface area contributed by atoms with Gasteiger partial charge in [-0.05, 0) is 43.7 Å². The van der Waals surface area contributed by atoms with E-state index in [9.17, 15) is 4.79 Å². The van der Waals surface area contributed by atoms with Gasteiger partial charge in [0, 0.05) is 16.1 Å². The van der Waals surface area contributed by atoms with E-state index < -0.39 is 0 Å². The monoisotopic (exact) mass is 423 g/mol. The fourth-order valence-electron chi connectivity index (χ4n) is 3.07. The molecule has 26 heavy (non-hydrogen) atoms. The maximum absolute atomic E-state index is 13.3. The molecule has 4 rings (SSSR count). The van der Waals surface area contributed by atoms with Crippen molar-refractivity contribution in [2.24, 2.45) is 0 Å². The van der Waals surface area contributed by atoms with Crippen LogP contribution in [-0.2, 0) is 5.88 Å². The Balaban J connectivity index is 2.15. The van der Waals surface area contributed by atoms with Crippen LogP contribution in [0.25, 0.3) is 26.1 Å². The number of aryl methyl sites for hydroxylation is 2. The first-order valence-electron chi connectivity index (χ1n) is 7.74. The molecule has 0 radical (unpaired) electrons. The number of thiophene rings is 1. The van der Waals surface area contributed by atoms with Crippen LogP contribution in [0.4, 0.5) is 0 Å². The van der Waals surface area contributed by atoms with Crippen LogP contribution in [0.3, 0.4) is 0 Å². The first-order chi connectivity index (χ1) is 12.4. The summed E-state index contributed by atoms with van der Waals surface area (Å²) in [4.78, 5) is 23.3. The highest BCUT2D eigenvalue weighted by Crippen LogP contribution is 2.33. The quantitative estimate of drug-likeness (QED) is 0.390. The van der Waals surface area contributed by atoms with Gasteiger partial charge < -0.3 is 0 Å². The normalized spacial score (nSPS) is 11.6. The number of fused-ring (bicyclic) bond motifs is 3. The second-order valence-electron chi connectivity index (χ2n) is 5.94. The minimum absolute atomic E-state index is 0.0693. The molecule has 0 N–H and O–H groups in total. The van der Waals surface area contributed by atoms with Gasteiger partial charge in [-0.15, -0.1) is 22.9 Å². The van der Waals surface area contributed by atoms with E-state index in [2.05, 4.69) is 9.97 Å². The summed E-state index contributed by atoms with van der Waals surface area (Å²) >= 11 is 19.7. The van der Waals surface area contributed by atoms with E-state index in [1.54, 1.807) is 18.2 Å². The molecular weight excluding hydrogens is 413 g/mol. The third-order valence-electron chi connectivity index (χ3n) is 4.13. The van der Waals surface area contributed by atoms with Crippen molar-refractivity contribution in [3.63, 3.8) is 0 Å². The molecule has 3 heterocycles.